The third-order valence-corrected chi connectivity index (χ3v) is 5.90. The van der Waals surface area contributed by atoms with Crippen LogP contribution in [0.5, 0.6) is 0 Å². The van der Waals surface area contributed by atoms with E-state index < -0.39 is 0 Å². The monoisotopic (exact) mass is 394 g/mol. The molecular formula is C22H26N4OS. The molecule has 0 saturated heterocycles. The van der Waals surface area contributed by atoms with Crippen LogP contribution in [0.15, 0.2) is 35.5 Å². The number of anilines is 2. The summed E-state index contributed by atoms with van der Waals surface area (Å²) < 4.78 is 0.336. The maximum atomic E-state index is 13.2. The number of nitrogen functional groups attached to an aromatic ring is 1. The van der Waals surface area contributed by atoms with E-state index in [-0.39, 0.29) is 17.1 Å². The number of nitrogens with zero attached hydrogens (tertiary/aromatic N) is 1. The van der Waals surface area contributed by atoms with Gasteiger partial charge in [-0.05, 0) is 41.1 Å². The zero-order valence-corrected chi connectivity index (χ0v) is 17.5. The van der Waals surface area contributed by atoms with Crippen LogP contribution in [-0.4, -0.2) is 15.8 Å². The van der Waals surface area contributed by atoms with Crippen LogP contribution in [0.4, 0.5) is 11.6 Å². The molecule has 0 radical (unpaired) electrons. The average molecular weight is 395 g/mol. The number of fused-ring (bicyclic) bond motifs is 1. The number of benzene rings is 1. The summed E-state index contributed by atoms with van der Waals surface area (Å²) in [4.78, 5) is 20.6. The van der Waals surface area contributed by atoms with Crippen LogP contribution in [0.3, 0.4) is 0 Å². The first-order valence-corrected chi connectivity index (χ1v) is 10.1. The normalized spacial score (nSPS) is 20.6. The molecule has 0 bridgehead atoms. The Labute approximate surface area is 170 Å². The molecule has 1 aliphatic heterocycles. The number of nitrogens with two attached hydrogens (primary N) is 1. The molecule has 0 fully saturated rings. The topological polar surface area (TPSA) is 83.8 Å². The molecule has 4 rings (SSSR count). The number of carbonyl (C=O) groups excluding carboxylic acids is 1. The van der Waals surface area contributed by atoms with Crippen molar-refractivity contribution in [2.24, 2.45) is 5.41 Å². The summed E-state index contributed by atoms with van der Waals surface area (Å²) in [6, 6.07) is 8.48. The molecule has 0 spiro atoms. The fourth-order valence-electron chi connectivity index (χ4n) is 4.36. The Balaban J connectivity index is 1.94. The average Bonchev–Trinajstić information content (AvgIpc) is 2.58. The second kappa shape index (κ2) is 6.55. The zero-order valence-electron chi connectivity index (χ0n) is 16.7. The summed E-state index contributed by atoms with van der Waals surface area (Å²) in [6.45, 7) is 8.59. The van der Waals surface area contributed by atoms with E-state index in [0.717, 1.165) is 28.8 Å². The number of hydrogen-bond acceptors (Lipinski definition) is 5. The lowest BCUT2D eigenvalue weighted by molar-refractivity contribution is -0.118. The van der Waals surface area contributed by atoms with E-state index in [1.807, 2.05) is 0 Å². The van der Waals surface area contributed by atoms with Crippen LogP contribution in [-0.2, 0) is 4.79 Å². The van der Waals surface area contributed by atoms with Crippen LogP contribution >= 0.6 is 12.2 Å². The van der Waals surface area contributed by atoms with Crippen LogP contribution in [0.1, 0.15) is 69.1 Å². The number of carbonyl (C=O) groups is 1. The first-order chi connectivity index (χ1) is 13.2. The fourth-order valence-corrected chi connectivity index (χ4v) is 4.56. The number of nitrogens with one attached hydrogen (secondary N) is 2. The minimum Gasteiger partial charge on any atom is -0.385 e. The Bertz CT molecular complexity index is 1050. The highest BCUT2D eigenvalue weighted by atomic mass is 32.1. The van der Waals surface area contributed by atoms with Gasteiger partial charge in [-0.2, -0.15) is 0 Å². The van der Waals surface area contributed by atoms with Crippen molar-refractivity contribution in [1.29, 1.82) is 0 Å². The summed E-state index contributed by atoms with van der Waals surface area (Å²) >= 11 is 5.23. The lowest BCUT2D eigenvalue weighted by Crippen LogP contribution is -2.34. The number of aromatic amines is 1. The van der Waals surface area contributed by atoms with Gasteiger partial charge in [0.2, 0.25) is 0 Å². The highest BCUT2D eigenvalue weighted by molar-refractivity contribution is 7.71. The van der Waals surface area contributed by atoms with Crippen molar-refractivity contribution in [3.8, 4) is 0 Å². The summed E-state index contributed by atoms with van der Waals surface area (Å²) in [5.74, 6) is 1.50. The maximum absolute atomic E-state index is 13.2. The predicted molar refractivity (Wildman–Crippen MR) is 115 cm³/mol. The molecular weight excluding hydrogens is 368 g/mol. The van der Waals surface area contributed by atoms with Crippen molar-refractivity contribution >= 4 is 29.6 Å². The lowest BCUT2D eigenvalue weighted by Gasteiger charge is -2.39. The van der Waals surface area contributed by atoms with Crippen molar-refractivity contribution in [3.63, 3.8) is 0 Å². The van der Waals surface area contributed by atoms with Gasteiger partial charge >= 0.3 is 0 Å². The van der Waals surface area contributed by atoms with E-state index in [4.69, 9.17) is 18.0 Å². The van der Waals surface area contributed by atoms with E-state index in [2.05, 4.69) is 67.2 Å². The van der Waals surface area contributed by atoms with Gasteiger partial charge in [0.05, 0.1) is 0 Å². The molecule has 28 heavy (non-hydrogen) atoms. The molecule has 1 atom stereocenters. The van der Waals surface area contributed by atoms with Crippen molar-refractivity contribution in [2.75, 3.05) is 11.1 Å². The molecule has 6 heteroatoms. The summed E-state index contributed by atoms with van der Waals surface area (Å²) in [5.41, 5.74) is 11.1. The number of aromatic nitrogens is 2. The van der Waals surface area contributed by atoms with Crippen LogP contribution < -0.4 is 11.1 Å². The molecule has 2 aromatic rings. The van der Waals surface area contributed by atoms with E-state index in [0.29, 0.717) is 28.7 Å². The number of Topliss-reactive ketones (excluding diaryl/α,β-unsaturated/α-hetero) is 1. The van der Waals surface area contributed by atoms with E-state index in [1.54, 1.807) is 0 Å². The highest BCUT2D eigenvalue weighted by Gasteiger charge is 2.42. The van der Waals surface area contributed by atoms with Gasteiger partial charge in [0.1, 0.15) is 11.6 Å². The van der Waals surface area contributed by atoms with Crippen LogP contribution in [0, 0.1) is 10.2 Å². The Morgan fingerprint density at radius 2 is 1.89 bits per heavy atom. The predicted octanol–water partition coefficient (Wildman–Crippen LogP) is 5.05. The fraction of sp³-hybridized carbons (Fsp3) is 0.409. The van der Waals surface area contributed by atoms with Gasteiger partial charge in [0.15, 0.2) is 10.6 Å². The van der Waals surface area contributed by atoms with Gasteiger partial charge in [-0.15, -0.1) is 0 Å². The first-order valence-electron chi connectivity index (χ1n) is 9.69. The molecule has 2 aliphatic rings. The largest absolute Gasteiger partial charge is 0.385 e. The van der Waals surface area contributed by atoms with E-state index in [9.17, 15) is 4.79 Å². The summed E-state index contributed by atoms with van der Waals surface area (Å²) in [6.07, 6.45) is 1.32. The standard InChI is InChI=1S/C22H26N4OS/c1-11(2)12-5-7-13(8-6-12)16-17-14(9-22(3,4)10-15(17)27)24-20-18(16)19(23)25-21(28)26-20/h5-8,11,16H,9-10H2,1-4H3,(H4,23,24,25,26,28). The van der Waals surface area contributed by atoms with Gasteiger partial charge in [-0.1, -0.05) is 52.0 Å². The zero-order chi connectivity index (χ0) is 20.2. The Morgan fingerprint density at radius 1 is 1.21 bits per heavy atom. The maximum Gasteiger partial charge on any atom is 0.200 e. The van der Waals surface area contributed by atoms with Crippen molar-refractivity contribution in [2.45, 2.75) is 52.4 Å². The molecule has 2 heterocycles. The molecule has 0 amide bonds. The van der Waals surface area contributed by atoms with Gasteiger partial charge in [-0.3, -0.25) is 4.79 Å². The van der Waals surface area contributed by atoms with Crippen LogP contribution in [0.2, 0.25) is 0 Å². The van der Waals surface area contributed by atoms with E-state index >= 15 is 0 Å². The van der Waals surface area contributed by atoms with Gasteiger partial charge in [-0.25, -0.2) is 4.98 Å². The number of allylic oxidation sites excluding steroid dienone is 2. The molecule has 4 N–H and O–H groups in total. The molecule has 1 aromatic heterocycles. The number of ketones is 1. The number of hydrogen-bond donors (Lipinski definition) is 3. The SMILES string of the molecule is CC(C)c1ccc(C2C3=C(CC(C)(C)CC3=O)Nc3nc(=S)[nH]c(N)c32)cc1. The van der Waals surface area contributed by atoms with Crippen molar-refractivity contribution in [1.82, 2.24) is 9.97 Å². The Hall–Kier alpha value is -2.47. The summed E-state index contributed by atoms with van der Waals surface area (Å²) in [7, 11) is 0. The molecule has 1 aromatic carbocycles. The number of rotatable bonds is 2. The molecule has 5 nitrogen and oxygen atoms in total. The van der Waals surface area contributed by atoms with Crippen molar-refractivity contribution in [3.05, 3.63) is 57.0 Å². The first kappa shape index (κ1) is 18.9. The smallest absolute Gasteiger partial charge is 0.200 e. The van der Waals surface area contributed by atoms with Gasteiger partial charge < -0.3 is 16.0 Å². The molecule has 146 valence electrons. The Kier molecular flexibility index (Phi) is 4.42. The number of H-pyrrole nitrogens is 1. The minimum atomic E-state index is -0.240. The second-order valence-corrected chi connectivity index (χ2v) is 9.32. The third-order valence-electron chi connectivity index (χ3n) is 5.70. The molecule has 1 unspecified atom stereocenters. The van der Waals surface area contributed by atoms with Gasteiger partial charge in [0, 0.05) is 29.2 Å². The summed E-state index contributed by atoms with van der Waals surface area (Å²) in [5, 5.41) is 3.38. The quantitative estimate of drug-likeness (QED) is 0.621. The molecule has 1 aliphatic carbocycles. The minimum absolute atomic E-state index is 0.0876. The Morgan fingerprint density at radius 3 is 2.54 bits per heavy atom. The van der Waals surface area contributed by atoms with Crippen LogP contribution in [0.25, 0.3) is 0 Å². The molecule has 0 saturated carbocycles. The lowest BCUT2D eigenvalue weighted by atomic mass is 9.69. The van der Waals surface area contributed by atoms with E-state index in [1.165, 1.54) is 5.56 Å². The third kappa shape index (κ3) is 3.15. The van der Waals surface area contributed by atoms with Gasteiger partial charge in [0.25, 0.3) is 0 Å². The van der Waals surface area contributed by atoms with Crippen molar-refractivity contribution < 1.29 is 4.79 Å². The second-order valence-electron chi connectivity index (χ2n) is 8.93. The highest BCUT2D eigenvalue weighted by Crippen LogP contribution is 2.49.